The van der Waals surface area contributed by atoms with Crippen LogP contribution < -0.4 is 5.32 Å². The first-order chi connectivity index (χ1) is 20.3. The summed E-state index contributed by atoms with van der Waals surface area (Å²) >= 11 is 0. The summed E-state index contributed by atoms with van der Waals surface area (Å²) in [6.07, 6.45) is 20.4. The summed E-state index contributed by atoms with van der Waals surface area (Å²) < 4.78 is 5.02. The van der Waals surface area contributed by atoms with E-state index >= 15 is 0 Å². The lowest BCUT2D eigenvalue weighted by Gasteiger charge is -2.25. The number of nitrogens with one attached hydrogen (secondary N) is 1. The minimum absolute atomic E-state index is 0.229. The number of esters is 1. The maximum Gasteiger partial charge on any atom is 0.305 e. The van der Waals surface area contributed by atoms with Gasteiger partial charge in [-0.3, -0.25) is 9.59 Å². The summed E-state index contributed by atoms with van der Waals surface area (Å²) in [5.41, 5.74) is 0. The molecule has 0 heterocycles. The second kappa shape index (κ2) is 29.8. The lowest BCUT2D eigenvalue weighted by atomic mass is 10.0. The number of aliphatic hydroxyl groups excluding tert-OH is 4. The van der Waals surface area contributed by atoms with Crippen LogP contribution >= 0.6 is 0 Å². The predicted octanol–water partition coefficient (Wildman–Crippen LogP) is 6.49. The molecule has 8 heteroatoms. The Kier molecular flexibility index (Phi) is 29.0. The van der Waals surface area contributed by atoms with Gasteiger partial charge in [-0.1, -0.05) is 149 Å². The summed E-state index contributed by atoms with van der Waals surface area (Å²) in [6, 6.07) is 0. The Hall–Kier alpha value is -1.22. The first-order valence-electron chi connectivity index (χ1n) is 17.5. The van der Waals surface area contributed by atoms with Crippen LogP contribution in [0, 0.1) is 0 Å². The van der Waals surface area contributed by atoms with Crippen molar-refractivity contribution in [3.05, 3.63) is 0 Å². The highest BCUT2D eigenvalue weighted by Crippen LogP contribution is 2.14. The fourth-order valence-corrected chi connectivity index (χ4v) is 5.13. The zero-order valence-electron chi connectivity index (χ0n) is 27.2. The van der Waals surface area contributed by atoms with E-state index in [9.17, 15) is 30.0 Å². The maximum atomic E-state index is 12.2. The van der Waals surface area contributed by atoms with Crippen molar-refractivity contribution in [3.8, 4) is 0 Å². The van der Waals surface area contributed by atoms with E-state index < -0.39 is 42.9 Å². The van der Waals surface area contributed by atoms with Gasteiger partial charge in [0.05, 0.1) is 0 Å². The SMILES string of the molecule is CCCCCCCCCCCCCCNC(=O)C(O)C(O)C(O)C(O)COC(=O)CCCCCCCCCCCCC. The highest BCUT2D eigenvalue weighted by molar-refractivity contribution is 5.81. The Morgan fingerprint density at radius 2 is 0.929 bits per heavy atom. The highest BCUT2D eigenvalue weighted by atomic mass is 16.5. The molecule has 0 saturated carbocycles. The Morgan fingerprint density at radius 3 is 1.36 bits per heavy atom. The number of amides is 1. The van der Waals surface area contributed by atoms with E-state index in [0.717, 1.165) is 32.1 Å². The van der Waals surface area contributed by atoms with Gasteiger partial charge in [-0.15, -0.1) is 0 Å². The number of carbonyl (C=O) groups excluding carboxylic acids is 2. The molecule has 0 rings (SSSR count). The van der Waals surface area contributed by atoms with E-state index in [1.165, 1.54) is 109 Å². The Bertz CT molecular complexity index is 619. The molecule has 0 aliphatic rings. The monoisotopic (exact) mass is 601 g/mol. The van der Waals surface area contributed by atoms with E-state index in [2.05, 4.69) is 19.2 Å². The Balaban J connectivity index is 3.81. The van der Waals surface area contributed by atoms with Gasteiger partial charge in [-0.05, 0) is 12.8 Å². The summed E-state index contributed by atoms with van der Waals surface area (Å²) in [4.78, 5) is 24.1. The molecular weight excluding hydrogens is 534 g/mol. The number of hydrogen-bond acceptors (Lipinski definition) is 7. The molecule has 1 amide bonds. The fourth-order valence-electron chi connectivity index (χ4n) is 5.13. The van der Waals surface area contributed by atoms with Crippen molar-refractivity contribution in [2.75, 3.05) is 13.2 Å². The van der Waals surface area contributed by atoms with Gasteiger partial charge in [0.15, 0.2) is 6.10 Å². The van der Waals surface area contributed by atoms with Crippen molar-refractivity contribution in [1.29, 1.82) is 0 Å². The normalized spacial score (nSPS) is 14.3. The molecule has 0 saturated heterocycles. The molecule has 8 nitrogen and oxygen atoms in total. The van der Waals surface area contributed by atoms with Crippen LogP contribution in [0.1, 0.15) is 168 Å². The minimum Gasteiger partial charge on any atom is -0.463 e. The number of unbranched alkanes of at least 4 members (excludes halogenated alkanes) is 21. The number of carbonyl (C=O) groups is 2. The zero-order valence-corrected chi connectivity index (χ0v) is 27.2. The van der Waals surface area contributed by atoms with E-state index in [4.69, 9.17) is 4.74 Å². The van der Waals surface area contributed by atoms with Crippen LogP contribution in [0.3, 0.4) is 0 Å². The molecule has 4 atom stereocenters. The van der Waals surface area contributed by atoms with Crippen molar-refractivity contribution in [2.45, 2.75) is 192 Å². The summed E-state index contributed by atoms with van der Waals surface area (Å²) in [7, 11) is 0. The quantitative estimate of drug-likeness (QED) is 0.0452. The molecule has 4 unspecified atom stereocenters. The lowest BCUT2D eigenvalue weighted by molar-refractivity contribution is -0.159. The molecule has 0 aromatic heterocycles. The zero-order chi connectivity index (χ0) is 31.3. The van der Waals surface area contributed by atoms with Gasteiger partial charge in [-0.25, -0.2) is 0 Å². The van der Waals surface area contributed by atoms with Crippen LogP contribution in [-0.4, -0.2) is 69.9 Å². The number of hydrogen-bond donors (Lipinski definition) is 5. The van der Waals surface area contributed by atoms with Crippen LogP contribution in [0.15, 0.2) is 0 Å². The van der Waals surface area contributed by atoms with Gasteiger partial charge in [0.2, 0.25) is 0 Å². The first kappa shape index (κ1) is 40.8. The van der Waals surface area contributed by atoms with Gasteiger partial charge in [0.25, 0.3) is 5.91 Å². The molecule has 0 aliphatic carbocycles. The van der Waals surface area contributed by atoms with Gasteiger partial charge < -0.3 is 30.5 Å². The molecule has 0 spiro atoms. The third kappa shape index (κ3) is 24.2. The molecule has 5 N–H and O–H groups in total. The Morgan fingerprint density at radius 1 is 0.548 bits per heavy atom. The molecule has 0 aromatic carbocycles. The molecular formula is C34H67NO7. The third-order valence-electron chi connectivity index (χ3n) is 8.07. The van der Waals surface area contributed by atoms with E-state index in [1.807, 2.05) is 0 Å². The fraction of sp³-hybridized carbons (Fsp3) is 0.941. The van der Waals surface area contributed by atoms with Crippen LogP contribution in [0.2, 0.25) is 0 Å². The minimum atomic E-state index is -1.90. The first-order valence-corrected chi connectivity index (χ1v) is 17.5. The van der Waals surface area contributed by atoms with E-state index in [-0.39, 0.29) is 6.42 Å². The molecule has 42 heavy (non-hydrogen) atoms. The number of rotatable bonds is 31. The van der Waals surface area contributed by atoms with Gasteiger partial charge in [0.1, 0.15) is 24.9 Å². The van der Waals surface area contributed by atoms with Crippen LogP contribution in [0.5, 0.6) is 0 Å². The third-order valence-corrected chi connectivity index (χ3v) is 8.07. The standard InChI is InChI=1S/C34H67NO7/c1-3-5-7-9-11-13-15-17-19-21-23-25-27-35-34(41)33(40)32(39)31(38)29(36)28-42-30(37)26-24-22-20-18-16-14-12-10-8-6-4-2/h29,31-33,36,38-40H,3-28H2,1-2H3,(H,35,41). The van der Waals surface area contributed by atoms with Crippen LogP contribution in [0.4, 0.5) is 0 Å². The maximum absolute atomic E-state index is 12.2. The second-order valence-electron chi connectivity index (χ2n) is 12.1. The van der Waals surface area contributed by atoms with Crippen molar-refractivity contribution in [3.63, 3.8) is 0 Å². The summed E-state index contributed by atoms with van der Waals surface area (Å²) in [5, 5.41) is 43.1. The van der Waals surface area contributed by atoms with E-state index in [0.29, 0.717) is 13.0 Å². The lowest BCUT2D eigenvalue weighted by Crippen LogP contribution is -2.52. The highest BCUT2D eigenvalue weighted by Gasteiger charge is 2.34. The van der Waals surface area contributed by atoms with Gasteiger partial charge in [-0.2, -0.15) is 0 Å². The largest absolute Gasteiger partial charge is 0.463 e. The molecule has 0 radical (unpaired) electrons. The average Bonchev–Trinajstić information content (AvgIpc) is 2.99. The predicted molar refractivity (Wildman–Crippen MR) is 170 cm³/mol. The van der Waals surface area contributed by atoms with Gasteiger partial charge >= 0.3 is 5.97 Å². The van der Waals surface area contributed by atoms with E-state index in [1.54, 1.807) is 0 Å². The van der Waals surface area contributed by atoms with Crippen molar-refractivity contribution >= 4 is 11.9 Å². The summed E-state index contributed by atoms with van der Waals surface area (Å²) in [6.45, 7) is 4.31. The molecule has 0 fully saturated rings. The van der Waals surface area contributed by atoms with Crippen molar-refractivity contribution in [2.24, 2.45) is 0 Å². The van der Waals surface area contributed by atoms with Crippen molar-refractivity contribution < 1.29 is 34.8 Å². The smallest absolute Gasteiger partial charge is 0.305 e. The Labute approximate surface area is 257 Å². The topological polar surface area (TPSA) is 136 Å². The summed E-state index contributed by atoms with van der Waals surface area (Å²) in [5.74, 6) is -1.28. The van der Waals surface area contributed by atoms with Crippen LogP contribution in [0.25, 0.3) is 0 Å². The molecule has 0 aromatic rings. The number of aliphatic hydroxyl groups is 4. The number of ether oxygens (including phenoxy) is 1. The molecule has 0 aliphatic heterocycles. The van der Waals surface area contributed by atoms with Crippen molar-refractivity contribution in [1.82, 2.24) is 5.32 Å². The van der Waals surface area contributed by atoms with Gasteiger partial charge in [0, 0.05) is 13.0 Å². The van der Waals surface area contributed by atoms with Crippen LogP contribution in [-0.2, 0) is 14.3 Å². The average molecular weight is 602 g/mol. The second-order valence-corrected chi connectivity index (χ2v) is 12.1. The molecule has 250 valence electrons. The molecule has 0 bridgehead atoms.